The molecule has 1 aromatic rings. The van der Waals surface area contributed by atoms with Crippen molar-refractivity contribution < 1.29 is 9.90 Å². The zero-order valence-electron chi connectivity index (χ0n) is 9.60. The normalized spacial score (nSPS) is 12.5. The quantitative estimate of drug-likeness (QED) is 0.714. The fourth-order valence-corrected chi connectivity index (χ4v) is 1.36. The largest absolute Gasteiger partial charge is 0.508 e. The molecule has 1 aromatic carbocycles. The lowest BCUT2D eigenvalue weighted by molar-refractivity contribution is 0.0928. The predicted octanol–water partition coefficient (Wildman–Crippen LogP) is 1.11. The summed E-state index contributed by atoms with van der Waals surface area (Å²) in [5.74, 6) is 0.283. The molecule has 4 N–H and O–H groups in total. The van der Waals surface area contributed by atoms with Gasteiger partial charge in [-0.1, -0.05) is 13.8 Å². The van der Waals surface area contributed by atoms with Crippen LogP contribution in [-0.4, -0.2) is 23.6 Å². The minimum Gasteiger partial charge on any atom is -0.508 e. The Hall–Kier alpha value is -1.55. The lowest BCUT2D eigenvalue weighted by Crippen LogP contribution is -2.43. The minimum absolute atomic E-state index is 0.0266. The smallest absolute Gasteiger partial charge is 0.251 e. The summed E-state index contributed by atoms with van der Waals surface area (Å²) >= 11 is 0. The number of carbonyl (C=O) groups excluding carboxylic acids is 1. The number of nitrogens with one attached hydrogen (secondary N) is 1. The maximum absolute atomic E-state index is 11.8. The third-order valence-corrected chi connectivity index (χ3v) is 2.50. The standard InChI is InChI=1S/C12H18N2O2/c1-8(2)11(7-13)14-12(16)9-3-5-10(15)6-4-9/h3-6,8,11,15H,7,13H2,1-2H3,(H,14,16). The molecule has 0 bridgehead atoms. The molecule has 16 heavy (non-hydrogen) atoms. The first-order chi connectivity index (χ1) is 7.54. The van der Waals surface area contributed by atoms with Crippen molar-refractivity contribution in [2.75, 3.05) is 6.54 Å². The number of aromatic hydroxyl groups is 1. The summed E-state index contributed by atoms with van der Waals surface area (Å²) in [6.45, 7) is 4.44. The topological polar surface area (TPSA) is 75.3 Å². The zero-order valence-corrected chi connectivity index (χ0v) is 9.60. The second-order valence-corrected chi connectivity index (χ2v) is 4.11. The van der Waals surface area contributed by atoms with Crippen molar-refractivity contribution in [2.24, 2.45) is 11.7 Å². The van der Waals surface area contributed by atoms with E-state index in [9.17, 15) is 4.79 Å². The van der Waals surface area contributed by atoms with Crippen molar-refractivity contribution in [3.63, 3.8) is 0 Å². The van der Waals surface area contributed by atoms with Gasteiger partial charge in [-0.05, 0) is 30.2 Å². The van der Waals surface area contributed by atoms with Gasteiger partial charge in [0, 0.05) is 18.2 Å². The molecule has 0 fully saturated rings. The van der Waals surface area contributed by atoms with Crippen LogP contribution in [-0.2, 0) is 0 Å². The van der Waals surface area contributed by atoms with E-state index in [1.807, 2.05) is 13.8 Å². The maximum Gasteiger partial charge on any atom is 0.251 e. The molecule has 4 heteroatoms. The second-order valence-electron chi connectivity index (χ2n) is 4.11. The van der Waals surface area contributed by atoms with Crippen LogP contribution >= 0.6 is 0 Å². The van der Waals surface area contributed by atoms with E-state index < -0.39 is 0 Å². The van der Waals surface area contributed by atoms with Gasteiger partial charge in [0.15, 0.2) is 0 Å². The summed E-state index contributed by atoms with van der Waals surface area (Å²) in [6, 6.07) is 6.11. The van der Waals surface area contributed by atoms with Gasteiger partial charge in [0.25, 0.3) is 5.91 Å². The highest BCUT2D eigenvalue weighted by molar-refractivity contribution is 5.94. The SMILES string of the molecule is CC(C)C(CN)NC(=O)c1ccc(O)cc1. The van der Waals surface area contributed by atoms with Crippen LogP contribution in [0.15, 0.2) is 24.3 Å². The molecular formula is C12H18N2O2. The fraction of sp³-hybridized carbons (Fsp3) is 0.417. The number of nitrogens with two attached hydrogens (primary N) is 1. The number of phenolic OH excluding ortho intramolecular Hbond substituents is 1. The summed E-state index contributed by atoms with van der Waals surface area (Å²) in [6.07, 6.45) is 0. The number of benzene rings is 1. The van der Waals surface area contributed by atoms with Gasteiger partial charge in [0.05, 0.1) is 0 Å². The van der Waals surface area contributed by atoms with E-state index >= 15 is 0 Å². The van der Waals surface area contributed by atoms with Gasteiger partial charge in [-0.3, -0.25) is 4.79 Å². The molecule has 0 saturated carbocycles. The highest BCUT2D eigenvalue weighted by Gasteiger charge is 2.15. The van der Waals surface area contributed by atoms with Gasteiger partial charge >= 0.3 is 0 Å². The van der Waals surface area contributed by atoms with Crippen molar-refractivity contribution in [1.82, 2.24) is 5.32 Å². The molecule has 0 aliphatic rings. The molecule has 1 unspecified atom stereocenters. The van der Waals surface area contributed by atoms with E-state index in [4.69, 9.17) is 10.8 Å². The molecule has 4 nitrogen and oxygen atoms in total. The monoisotopic (exact) mass is 222 g/mol. The van der Waals surface area contributed by atoms with Crippen LogP contribution < -0.4 is 11.1 Å². The highest BCUT2D eigenvalue weighted by atomic mass is 16.3. The average Bonchev–Trinajstić information content (AvgIpc) is 2.26. The Morgan fingerprint density at radius 3 is 2.38 bits per heavy atom. The Kier molecular flexibility index (Phi) is 4.31. The number of hydrogen-bond acceptors (Lipinski definition) is 3. The van der Waals surface area contributed by atoms with Gasteiger partial charge in [0.1, 0.15) is 5.75 Å². The molecule has 0 aliphatic heterocycles. The molecule has 1 atom stereocenters. The fourth-order valence-electron chi connectivity index (χ4n) is 1.36. The summed E-state index contributed by atoms with van der Waals surface area (Å²) in [5, 5.41) is 12.0. The average molecular weight is 222 g/mol. The Morgan fingerprint density at radius 2 is 1.94 bits per heavy atom. The molecule has 0 saturated heterocycles. The van der Waals surface area contributed by atoms with Crippen LogP contribution in [0.2, 0.25) is 0 Å². The Morgan fingerprint density at radius 1 is 1.38 bits per heavy atom. The van der Waals surface area contributed by atoms with Crippen molar-refractivity contribution in [3.05, 3.63) is 29.8 Å². The first kappa shape index (κ1) is 12.5. The third-order valence-electron chi connectivity index (χ3n) is 2.50. The van der Waals surface area contributed by atoms with E-state index in [1.54, 1.807) is 12.1 Å². The zero-order chi connectivity index (χ0) is 12.1. The highest BCUT2D eigenvalue weighted by Crippen LogP contribution is 2.10. The van der Waals surface area contributed by atoms with Crippen LogP contribution in [0.25, 0.3) is 0 Å². The van der Waals surface area contributed by atoms with Gasteiger partial charge < -0.3 is 16.2 Å². The number of phenols is 1. The van der Waals surface area contributed by atoms with Crippen molar-refractivity contribution in [3.8, 4) is 5.75 Å². The first-order valence-corrected chi connectivity index (χ1v) is 5.34. The van der Waals surface area contributed by atoms with Gasteiger partial charge in [-0.15, -0.1) is 0 Å². The van der Waals surface area contributed by atoms with E-state index in [0.717, 1.165) is 0 Å². The van der Waals surface area contributed by atoms with Crippen LogP contribution in [0.1, 0.15) is 24.2 Å². The van der Waals surface area contributed by atoms with Gasteiger partial charge in [0.2, 0.25) is 0 Å². The van der Waals surface area contributed by atoms with E-state index in [2.05, 4.69) is 5.32 Å². The number of hydrogen-bond donors (Lipinski definition) is 3. The molecular weight excluding hydrogens is 204 g/mol. The minimum atomic E-state index is -0.163. The molecule has 0 spiro atoms. The number of rotatable bonds is 4. The molecule has 0 aromatic heterocycles. The Labute approximate surface area is 95.5 Å². The van der Waals surface area contributed by atoms with Crippen LogP contribution in [0.4, 0.5) is 0 Å². The molecule has 1 amide bonds. The van der Waals surface area contributed by atoms with Gasteiger partial charge in [-0.25, -0.2) is 0 Å². The lowest BCUT2D eigenvalue weighted by Gasteiger charge is -2.20. The van der Waals surface area contributed by atoms with Crippen LogP contribution in [0.3, 0.4) is 0 Å². The van der Waals surface area contributed by atoms with Crippen molar-refractivity contribution in [1.29, 1.82) is 0 Å². The molecule has 0 heterocycles. The maximum atomic E-state index is 11.8. The van der Waals surface area contributed by atoms with E-state index in [0.29, 0.717) is 18.0 Å². The number of carbonyl (C=O) groups is 1. The number of amides is 1. The molecule has 1 rings (SSSR count). The summed E-state index contributed by atoms with van der Waals surface area (Å²) in [7, 11) is 0. The summed E-state index contributed by atoms with van der Waals surface area (Å²) < 4.78 is 0. The van der Waals surface area contributed by atoms with E-state index in [-0.39, 0.29) is 17.7 Å². The van der Waals surface area contributed by atoms with Crippen LogP contribution in [0, 0.1) is 5.92 Å². The second kappa shape index (κ2) is 5.51. The predicted molar refractivity (Wildman–Crippen MR) is 63.3 cm³/mol. The van der Waals surface area contributed by atoms with E-state index in [1.165, 1.54) is 12.1 Å². The molecule has 88 valence electrons. The van der Waals surface area contributed by atoms with Crippen molar-refractivity contribution in [2.45, 2.75) is 19.9 Å². The molecule has 0 radical (unpaired) electrons. The van der Waals surface area contributed by atoms with Crippen LogP contribution in [0.5, 0.6) is 5.75 Å². The Balaban J connectivity index is 2.68. The summed E-state index contributed by atoms with van der Waals surface area (Å²) in [5.41, 5.74) is 6.09. The lowest BCUT2D eigenvalue weighted by atomic mass is 10.0. The first-order valence-electron chi connectivity index (χ1n) is 5.34. The third kappa shape index (κ3) is 3.24. The Bertz CT molecular complexity index is 347. The van der Waals surface area contributed by atoms with Gasteiger partial charge in [-0.2, -0.15) is 0 Å². The summed E-state index contributed by atoms with van der Waals surface area (Å²) in [4.78, 5) is 11.8. The van der Waals surface area contributed by atoms with Crippen molar-refractivity contribution >= 4 is 5.91 Å². The molecule has 0 aliphatic carbocycles.